The topological polar surface area (TPSA) is 40.0 Å². The van der Waals surface area contributed by atoms with Crippen LogP contribution in [0.15, 0.2) is 88.3 Å². The molecule has 0 saturated heterocycles. The van der Waals surface area contributed by atoms with Gasteiger partial charge in [-0.2, -0.15) is 0 Å². The van der Waals surface area contributed by atoms with Gasteiger partial charge in [-0.15, -0.1) is 0 Å². The van der Waals surface area contributed by atoms with Crippen molar-refractivity contribution in [3.05, 3.63) is 100 Å². The third-order valence-corrected chi connectivity index (χ3v) is 5.18. The highest BCUT2D eigenvalue weighted by Gasteiger charge is 2.24. The van der Waals surface area contributed by atoms with E-state index in [1.165, 1.54) is 0 Å². The van der Waals surface area contributed by atoms with Crippen LogP contribution < -0.4 is 9.47 Å². The van der Waals surface area contributed by atoms with E-state index in [4.69, 9.17) is 19.2 Å². The van der Waals surface area contributed by atoms with Crippen LogP contribution in [0.5, 0.6) is 11.5 Å². The zero-order valence-electron chi connectivity index (χ0n) is 14.8. The van der Waals surface area contributed by atoms with Crippen molar-refractivity contribution in [1.82, 2.24) is 0 Å². The molecule has 3 aromatic rings. The zero-order valence-corrected chi connectivity index (χ0v) is 16.4. The van der Waals surface area contributed by atoms with Gasteiger partial charge in [0.2, 0.25) is 12.7 Å². The number of halogens is 1. The third kappa shape index (κ3) is 3.29. The molecule has 1 atom stereocenters. The van der Waals surface area contributed by atoms with Crippen molar-refractivity contribution in [3.8, 4) is 11.5 Å². The smallest absolute Gasteiger partial charge is 0.231 e. The Balaban J connectivity index is 1.57. The molecule has 0 fully saturated rings. The van der Waals surface area contributed by atoms with Gasteiger partial charge in [-0.25, -0.2) is 4.99 Å². The van der Waals surface area contributed by atoms with Gasteiger partial charge in [0.05, 0.1) is 5.70 Å². The lowest BCUT2D eigenvalue weighted by Gasteiger charge is -2.23. The molecular weight excluding hydrogens is 418 g/mol. The van der Waals surface area contributed by atoms with Crippen LogP contribution in [0.4, 0.5) is 0 Å². The second-order valence-electron chi connectivity index (χ2n) is 6.49. The molecule has 2 heterocycles. The molecule has 2 aliphatic heterocycles. The lowest BCUT2D eigenvalue weighted by molar-refractivity contribution is 0.173. The summed E-state index contributed by atoms with van der Waals surface area (Å²) in [6.45, 7) is 0.251. The Kier molecular flexibility index (Phi) is 4.37. The second kappa shape index (κ2) is 7.17. The molecule has 0 bridgehead atoms. The normalized spacial score (nSPS) is 17.5. The fourth-order valence-corrected chi connectivity index (χ4v) is 3.48. The van der Waals surface area contributed by atoms with Crippen molar-refractivity contribution in [2.45, 2.75) is 6.10 Å². The number of benzene rings is 3. The molecule has 0 N–H and O–H groups in total. The van der Waals surface area contributed by atoms with Crippen molar-refractivity contribution >= 4 is 27.5 Å². The fraction of sp³-hybridized carbons (Fsp3) is 0.0870. The first-order valence-electron chi connectivity index (χ1n) is 8.94. The SMILES string of the molecule is Brc1ccc(C2=CC(c3ccc4c(c3)OCO4)OC(c3ccccc3)=N2)cc1. The minimum atomic E-state index is -0.277. The summed E-state index contributed by atoms with van der Waals surface area (Å²) in [6, 6.07) is 23.9. The van der Waals surface area contributed by atoms with Crippen LogP contribution in [-0.2, 0) is 4.74 Å². The Hall–Kier alpha value is -3.05. The predicted molar refractivity (Wildman–Crippen MR) is 111 cm³/mol. The highest BCUT2D eigenvalue weighted by molar-refractivity contribution is 9.10. The first kappa shape index (κ1) is 17.1. The van der Waals surface area contributed by atoms with Gasteiger partial charge in [0.25, 0.3) is 0 Å². The molecule has 0 aliphatic carbocycles. The van der Waals surface area contributed by atoms with Crippen LogP contribution in [0, 0.1) is 0 Å². The van der Waals surface area contributed by atoms with Gasteiger partial charge >= 0.3 is 0 Å². The van der Waals surface area contributed by atoms with Crippen molar-refractivity contribution in [2.24, 2.45) is 4.99 Å². The molecule has 3 aromatic carbocycles. The molecule has 5 heteroatoms. The summed E-state index contributed by atoms with van der Waals surface area (Å²) >= 11 is 3.49. The highest BCUT2D eigenvalue weighted by atomic mass is 79.9. The zero-order chi connectivity index (χ0) is 18.9. The quantitative estimate of drug-likeness (QED) is 0.528. The lowest BCUT2D eigenvalue weighted by atomic mass is 10.0. The van der Waals surface area contributed by atoms with E-state index in [1.807, 2.05) is 78.9 Å². The second-order valence-corrected chi connectivity index (χ2v) is 7.41. The Morgan fingerprint density at radius 1 is 0.821 bits per heavy atom. The molecule has 0 spiro atoms. The minimum absolute atomic E-state index is 0.251. The summed E-state index contributed by atoms with van der Waals surface area (Å²) in [6.07, 6.45) is 1.76. The average Bonchev–Trinajstić information content (AvgIpc) is 3.22. The number of ether oxygens (including phenoxy) is 3. The van der Waals surface area contributed by atoms with Crippen LogP contribution in [0.2, 0.25) is 0 Å². The molecule has 2 aliphatic rings. The summed E-state index contributed by atoms with van der Waals surface area (Å²) in [5.74, 6) is 2.10. The molecular formula is C23H16BrNO3. The Bertz CT molecular complexity index is 1070. The fourth-order valence-electron chi connectivity index (χ4n) is 3.22. The number of aliphatic imine (C=N–C) groups is 1. The van der Waals surface area contributed by atoms with Crippen LogP contribution in [0.1, 0.15) is 22.8 Å². The number of hydrogen-bond acceptors (Lipinski definition) is 4. The van der Waals surface area contributed by atoms with Gasteiger partial charge in [-0.1, -0.05) is 52.3 Å². The molecule has 0 aromatic heterocycles. The van der Waals surface area contributed by atoms with E-state index in [-0.39, 0.29) is 12.9 Å². The molecule has 4 nitrogen and oxygen atoms in total. The summed E-state index contributed by atoms with van der Waals surface area (Å²) in [5.41, 5.74) is 3.84. The third-order valence-electron chi connectivity index (χ3n) is 4.66. The van der Waals surface area contributed by atoms with E-state index in [1.54, 1.807) is 0 Å². The molecule has 28 heavy (non-hydrogen) atoms. The number of hydrogen-bond donors (Lipinski definition) is 0. The van der Waals surface area contributed by atoms with Gasteiger partial charge in [-0.3, -0.25) is 0 Å². The van der Waals surface area contributed by atoms with Gasteiger partial charge in [0, 0.05) is 21.2 Å². The summed E-state index contributed by atoms with van der Waals surface area (Å²) in [4.78, 5) is 4.78. The number of fused-ring (bicyclic) bond motifs is 1. The monoisotopic (exact) mass is 433 g/mol. The maximum Gasteiger partial charge on any atom is 0.231 e. The standard InChI is InChI=1S/C23H16BrNO3/c24-18-9-6-15(7-10-18)19-13-21(17-8-11-20-22(12-17)27-14-26-20)28-23(25-19)16-4-2-1-3-5-16/h1-13,21H,14H2. The van der Waals surface area contributed by atoms with Gasteiger partial charge < -0.3 is 14.2 Å². The average molecular weight is 434 g/mol. The van der Waals surface area contributed by atoms with E-state index in [9.17, 15) is 0 Å². The molecule has 0 amide bonds. The maximum absolute atomic E-state index is 6.26. The molecule has 5 rings (SSSR count). The van der Waals surface area contributed by atoms with Gasteiger partial charge in [-0.05, 0) is 42.5 Å². The highest BCUT2D eigenvalue weighted by Crippen LogP contribution is 2.38. The minimum Gasteiger partial charge on any atom is -0.465 e. The molecule has 0 saturated carbocycles. The van der Waals surface area contributed by atoms with E-state index in [2.05, 4.69) is 15.9 Å². The van der Waals surface area contributed by atoms with Crippen molar-refractivity contribution in [2.75, 3.05) is 6.79 Å². The number of rotatable bonds is 3. The van der Waals surface area contributed by atoms with E-state index in [0.29, 0.717) is 5.90 Å². The molecule has 0 radical (unpaired) electrons. The maximum atomic E-state index is 6.26. The van der Waals surface area contributed by atoms with Crippen LogP contribution in [-0.4, -0.2) is 12.7 Å². The Labute approximate surface area is 171 Å². The largest absolute Gasteiger partial charge is 0.465 e. The number of nitrogens with zero attached hydrogens (tertiary/aromatic N) is 1. The van der Waals surface area contributed by atoms with Gasteiger partial charge in [0.15, 0.2) is 11.5 Å². The Morgan fingerprint density at radius 2 is 1.61 bits per heavy atom. The predicted octanol–water partition coefficient (Wildman–Crippen LogP) is 5.74. The Morgan fingerprint density at radius 3 is 2.43 bits per heavy atom. The lowest BCUT2D eigenvalue weighted by Crippen LogP contribution is -2.15. The van der Waals surface area contributed by atoms with E-state index < -0.39 is 0 Å². The van der Waals surface area contributed by atoms with Crippen LogP contribution in [0.25, 0.3) is 5.70 Å². The van der Waals surface area contributed by atoms with Crippen molar-refractivity contribution in [3.63, 3.8) is 0 Å². The van der Waals surface area contributed by atoms with Gasteiger partial charge in [0.1, 0.15) is 6.10 Å². The first-order valence-corrected chi connectivity index (χ1v) is 9.74. The summed E-state index contributed by atoms with van der Waals surface area (Å²) in [7, 11) is 0. The molecule has 1 unspecified atom stereocenters. The van der Waals surface area contributed by atoms with Crippen molar-refractivity contribution in [1.29, 1.82) is 0 Å². The van der Waals surface area contributed by atoms with Crippen molar-refractivity contribution < 1.29 is 14.2 Å². The van der Waals surface area contributed by atoms with E-state index in [0.717, 1.165) is 38.4 Å². The molecule has 138 valence electrons. The summed E-state index contributed by atoms with van der Waals surface area (Å²) < 4.78 is 18.3. The van der Waals surface area contributed by atoms with Crippen LogP contribution in [0.3, 0.4) is 0 Å². The first-order chi connectivity index (χ1) is 13.8. The van der Waals surface area contributed by atoms with E-state index >= 15 is 0 Å². The van der Waals surface area contributed by atoms with Crippen LogP contribution >= 0.6 is 15.9 Å². The summed E-state index contributed by atoms with van der Waals surface area (Å²) in [5, 5.41) is 0.